The van der Waals surface area contributed by atoms with Gasteiger partial charge in [0.1, 0.15) is 0 Å². The maximum absolute atomic E-state index is 13.0. The second-order valence-corrected chi connectivity index (χ2v) is 7.92. The predicted octanol–water partition coefficient (Wildman–Crippen LogP) is 1.35. The molecule has 0 N–H and O–H groups in total. The Morgan fingerprint density at radius 3 is 2.52 bits per heavy atom. The van der Waals surface area contributed by atoms with Crippen LogP contribution in [0.4, 0.5) is 0 Å². The van der Waals surface area contributed by atoms with Crippen molar-refractivity contribution < 1.29 is 14.3 Å². The van der Waals surface area contributed by atoms with Crippen LogP contribution in [0, 0.1) is 5.41 Å². The number of amides is 2. The van der Waals surface area contributed by atoms with Crippen LogP contribution < -0.4 is 0 Å². The lowest BCUT2D eigenvalue weighted by Crippen LogP contribution is -2.51. The highest BCUT2D eigenvalue weighted by atomic mass is 16.5. The van der Waals surface area contributed by atoms with Gasteiger partial charge in [0.2, 0.25) is 11.8 Å². The topological polar surface area (TPSA) is 53.1 Å². The van der Waals surface area contributed by atoms with Crippen molar-refractivity contribution in [3.63, 3.8) is 0 Å². The molecule has 0 radical (unpaired) electrons. The van der Waals surface area contributed by atoms with Gasteiger partial charge in [-0.2, -0.15) is 0 Å². The maximum Gasteiger partial charge on any atom is 0.236 e. The average Bonchev–Trinajstić information content (AvgIpc) is 2.83. The lowest BCUT2D eigenvalue weighted by atomic mass is 9.78. The van der Waals surface area contributed by atoms with Gasteiger partial charge in [-0.15, -0.1) is 0 Å². The molecule has 6 heteroatoms. The van der Waals surface area contributed by atoms with E-state index in [-0.39, 0.29) is 17.2 Å². The fourth-order valence-corrected chi connectivity index (χ4v) is 4.65. The van der Waals surface area contributed by atoms with Crippen molar-refractivity contribution in [2.75, 3.05) is 59.5 Å². The van der Waals surface area contributed by atoms with Gasteiger partial charge in [-0.1, -0.05) is 12.8 Å². The number of hydrogen-bond donors (Lipinski definition) is 0. The first kappa shape index (κ1) is 18.6. The number of piperidine rings is 1. The van der Waals surface area contributed by atoms with Gasteiger partial charge in [0, 0.05) is 39.8 Å². The fourth-order valence-electron chi connectivity index (χ4n) is 4.65. The molecule has 3 aliphatic rings. The van der Waals surface area contributed by atoms with E-state index in [0.29, 0.717) is 19.7 Å². The largest absolute Gasteiger partial charge is 0.383 e. The number of carbonyl (C=O) groups excluding carboxylic acids is 2. The summed E-state index contributed by atoms with van der Waals surface area (Å²) >= 11 is 0. The van der Waals surface area contributed by atoms with Crippen LogP contribution in [0.15, 0.2) is 0 Å². The van der Waals surface area contributed by atoms with Crippen LogP contribution >= 0.6 is 0 Å². The molecule has 0 aromatic heterocycles. The summed E-state index contributed by atoms with van der Waals surface area (Å²) in [4.78, 5) is 31.8. The van der Waals surface area contributed by atoms with Crippen molar-refractivity contribution in [1.29, 1.82) is 0 Å². The number of hydrogen-bond acceptors (Lipinski definition) is 4. The minimum absolute atomic E-state index is 0.249. The van der Waals surface area contributed by atoms with Gasteiger partial charge in [0.25, 0.3) is 0 Å². The summed E-state index contributed by atoms with van der Waals surface area (Å²) in [6.45, 7) is 6.02. The molecule has 0 aromatic carbocycles. The monoisotopic (exact) mass is 351 g/mol. The highest BCUT2D eigenvalue weighted by Gasteiger charge is 2.48. The zero-order chi connectivity index (χ0) is 17.7. The fraction of sp³-hybridized carbons (Fsp3) is 0.895. The Hall–Kier alpha value is -1.14. The van der Waals surface area contributed by atoms with E-state index in [4.69, 9.17) is 4.74 Å². The Labute approximate surface area is 151 Å². The van der Waals surface area contributed by atoms with Gasteiger partial charge in [-0.25, -0.2) is 0 Å². The molecule has 0 saturated carbocycles. The maximum atomic E-state index is 13.0. The number of carbonyl (C=O) groups is 2. The first-order valence-electron chi connectivity index (χ1n) is 9.93. The molecule has 3 fully saturated rings. The number of likely N-dealkylation sites (tertiary alicyclic amines) is 3. The van der Waals surface area contributed by atoms with Crippen molar-refractivity contribution in [3.8, 4) is 0 Å². The molecule has 0 bridgehead atoms. The first-order chi connectivity index (χ1) is 12.1. The SMILES string of the molecule is COCCN1CCC[C@@]2(CCN(CC(=O)N3CCCCCC3)C2)C1=O. The molecule has 25 heavy (non-hydrogen) atoms. The lowest BCUT2D eigenvalue weighted by Gasteiger charge is -2.39. The summed E-state index contributed by atoms with van der Waals surface area (Å²) in [6, 6.07) is 0. The van der Waals surface area contributed by atoms with E-state index < -0.39 is 0 Å². The number of nitrogens with zero attached hydrogens (tertiary/aromatic N) is 3. The third-order valence-electron chi connectivity index (χ3n) is 6.14. The van der Waals surface area contributed by atoms with E-state index in [1.54, 1.807) is 7.11 Å². The van der Waals surface area contributed by atoms with Crippen LogP contribution in [0.25, 0.3) is 0 Å². The normalized spacial score (nSPS) is 28.6. The highest BCUT2D eigenvalue weighted by molar-refractivity contribution is 5.84. The lowest BCUT2D eigenvalue weighted by molar-refractivity contribution is -0.146. The van der Waals surface area contributed by atoms with Gasteiger partial charge < -0.3 is 14.5 Å². The van der Waals surface area contributed by atoms with E-state index in [2.05, 4.69) is 4.90 Å². The van der Waals surface area contributed by atoms with Crippen molar-refractivity contribution >= 4 is 11.8 Å². The van der Waals surface area contributed by atoms with Gasteiger partial charge in [-0.05, 0) is 38.6 Å². The van der Waals surface area contributed by atoms with Crippen LogP contribution in [0.3, 0.4) is 0 Å². The Bertz CT molecular complexity index is 477. The van der Waals surface area contributed by atoms with E-state index in [1.807, 2.05) is 9.80 Å². The van der Waals surface area contributed by atoms with Gasteiger partial charge in [-0.3, -0.25) is 14.5 Å². The molecule has 1 spiro atoms. The smallest absolute Gasteiger partial charge is 0.236 e. The number of rotatable bonds is 5. The van der Waals surface area contributed by atoms with Crippen molar-refractivity contribution in [2.45, 2.75) is 44.9 Å². The molecular weight excluding hydrogens is 318 g/mol. The Kier molecular flexibility index (Phi) is 6.34. The van der Waals surface area contributed by atoms with Gasteiger partial charge in [0.15, 0.2) is 0 Å². The second-order valence-electron chi connectivity index (χ2n) is 7.92. The van der Waals surface area contributed by atoms with E-state index in [0.717, 1.165) is 64.8 Å². The summed E-state index contributed by atoms with van der Waals surface area (Å²) in [5, 5.41) is 0. The van der Waals surface area contributed by atoms with E-state index in [9.17, 15) is 9.59 Å². The summed E-state index contributed by atoms with van der Waals surface area (Å²) in [7, 11) is 1.68. The number of methoxy groups -OCH3 is 1. The zero-order valence-electron chi connectivity index (χ0n) is 15.7. The second kappa shape index (κ2) is 8.49. The van der Waals surface area contributed by atoms with Crippen LogP contribution in [-0.2, 0) is 14.3 Å². The summed E-state index contributed by atoms with van der Waals surface area (Å²) in [5.74, 6) is 0.527. The third-order valence-corrected chi connectivity index (χ3v) is 6.14. The third kappa shape index (κ3) is 4.34. The molecule has 0 unspecified atom stereocenters. The molecule has 2 amide bonds. The molecule has 3 rings (SSSR count). The predicted molar refractivity (Wildman–Crippen MR) is 96.2 cm³/mol. The zero-order valence-corrected chi connectivity index (χ0v) is 15.7. The van der Waals surface area contributed by atoms with Crippen LogP contribution in [0.5, 0.6) is 0 Å². The molecule has 1 atom stereocenters. The molecule has 3 aliphatic heterocycles. The quantitative estimate of drug-likeness (QED) is 0.750. The van der Waals surface area contributed by atoms with E-state index in [1.165, 1.54) is 12.8 Å². The summed E-state index contributed by atoms with van der Waals surface area (Å²) in [5.41, 5.74) is -0.259. The average molecular weight is 351 g/mol. The van der Waals surface area contributed by atoms with Crippen molar-refractivity contribution in [1.82, 2.24) is 14.7 Å². The Morgan fingerprint density at radius 1 is 1.04 bits per heavy atom. The standard InChI is InChI=1S/C19H33N3O3/c1-25-14-13-22-11-6-7-19(18(22)24)8-12-20(16-19)15-17(23)21-9-4-2-3-5-10-21/h2-16H2,1H3/t19-/m0/s1. The van der Waals surface area contributed by atoms with Crippen molar-refractivity contribution in [3.05, 3.63) is 0 Å². The molecule has 3 saturated heterocycles. The van der Waals surface area contributed by atoms with E-state index >= 15 is 0 Å². The van der Waals surface area contributed by atoms with Crippen molar-refractivity contribution in [2.24, 2.45) is 5.41 Å². The highest BCUT2D eigenvalue weighted by Crippen LogP contribution is 2.39. The molecule has 142 valence electrons. The van der Waals surface area contributed by atoms with Crippen LogP contribution in [-0.4, -0.2) is 86.0 Å². The summed E-state index contributed by atoms with van der Waals surface area (Å²) in [6.07, 6.45) is 7.64. The molecule has 0 aliphatic carbocycles. The minimum atomic E-state index is -0.259. The van der Waals surface area contributed by atoms with Crippen LogP contribution in [0.2, 0.25) is 0 Å². The first-order valence-corrected chi connectivity index (χ1v) is 9.93. The minimum Gasteiger partial charge on any atom is -0.383 e. The molecule has 3 heterocycles. The van der Waals surface area contributed by atoms with Gasteiger partial charge in [0.05, 0.1) is 18.6 Å². The van der Waals surface area contributed by atoms with Gasteiger partial charge >= 0.3 is 0 Å². The summed E-state index contributed by atoms with van der Waals surface area (Å²) < 4.78 is 5.14. The Morgan fingerprint density at radius 2 is 1.80 bits per heavy atom. The Balaban J connectivity index is 1.55. The molecular formula is C19H33N3O3. The number of ether oxygens (including phenoxy) is 1. The molecule has 0 aromatic rings. The van der Waals surface area contributed by atoms with Crippen LogP contribution in [0.1, 0.15) is 44.9 Å². The molecule has 6 nitrogen and oxygen atoms in total.